The largest absolute Gasteiger partial charge is 0.385 e. The average molecular weight is 266 g/mol. The van der Waals surface area contributed by atoms with Gasteiger partial charge in [-0.1, -0.05) is 27.2 Å². The van der Waals surface area contributed by atoms with Crippen LogP contribution in [0.5, 0.6) is 0 Å². The summed E-state index contributed by atoms with van der Waals surface area (Å²) in [4.78, 5) is 8.37. The second-order valence-electron chi connectivity index (χ2n) is 5.60. The van der Waals surface area contributed by atoms with Gasteiger partial charge in [0.05, 0.1) is 0 Å². The van der Waals surface area contributed by atoms with Crippen LogP contribution in [0.25, 0.3) is 0 Å². The third kappa shape index (κ3) is 5.03. The summed E-state index contributed by atoms with van der Waals surface area (Å²) in [6, 6.07) is 0. The van der Waals surface area contributed by atoms with Crippen LogP contribution in [-0.4, -0.2) is 30.2 Å². The number of rotatable bonds is 8. The smallest absolute Gasteiger partial charge is 0.134 e. The highest BCUT2D eigenvalue weighted by Gasteiger charge is 2.18. The highest BCUT2D eigenvalue weighted by molar-refractivity contribution is 5.55. The molecule has 0 bridgehead atoms. The molecule has 1 heterocycles. The predicted octanol–water partition coefficient (Wildman–Crippen LogP) is 2.49. The topological polar surface area (TPSA) is 73.1 Å². The van der Waals surface area contributed by atoms with Crippen molar-refractivity contribution in [1.82, 2.24) is 9.97 Å². The molecule has 5 nitrogen and oxygen atoms in total. The minimum atomic E-state index is 0.152. The molecule has 0 saturated carbocycles. The van der Waals surface area contributed by atoms with Gasteiger partial charge in [-0.15, -0.1) is 0 Å². The molecule has 0 aromatic carbocycles. The van der Waals surface area contributed by atoms with E-state index in [1.54, 1.807) is 7.11 Å². The van der Waals surface area contributed by atoms with Gasteiger partial charge in [0, 0.05) is 25.8 Å². The molecular weight excluding hydrogens is 240 g/mol. The monoisotopic (exact) mass is 266 g/mol. The maximum atomic E-state index is 5.92. The van der Waals surface area contributed by atoms with Gasteiger partial charge in [-0.2, -0.15) is 0 Å². The first kappa shape index (κ1) is 15.7. The Bertz CT molecular complexity index is 393. The Hall–Kier alpha value is -1.36. The van der Waals surface area contributed by atoms with Crippen molar-refractivity contribution in [1.29, 1.82) is 0 Å². The molecule has 1 aromatic rings. The van der Waals surface area contributed by atoms with E-state index >= 15 is 0 Å². The van der Waals surface area contributed by atoms with E-state index in [0.717, 1.165) is 43.8 Å². The Labute approximate surface area is 116 Å². The van der Waals surface area contributed by atoms with Crippen LogP contribution in [0, 0.1) is 5.41 Å². The second-order valence-corrected chi connectivity index (χ2v) is 5.60. The third-order valence-corrected chi connectivity index (χ3v) is 3.20. The number of hydrogen-bond donors (Lipinski definition) is 2. The number of nitrogens with two attached hydrogens (primary N) is 1. The minimum absolute atomic E-state index is 0.152. The zero-order chi connectivity index (χ0) is 14.3. The molecule has 0 fully saturated rings. The molecule has 19 heavy (non-hydrogen) atoms. The van der Waals surface area contributed by atoms with Crippen molar-refractivity contribution < 1.29 is 4.74 Å². The lowest BCUT2D eigenvalue weighted by molar-refractivity contribution is 0.157. The van der Waals surface area contributed by atoms with Crippen molar-refractivity contribution >= 4 is 11.6 Å². The fraction of sp³-hybridized carbons (Fsp3) is 0.714. The van der Waals surface area contributed by atoms with E-state index in [2.05, 4.69) is 36.1 Å². The molecule has 0 radical (unpaired) electrons. The van der Waals surface area contributed by atoms with Crippen LogP contribution in [0.2, 0.25) is 0 Å². The zero-order valence-corrected chi connectivity index (χ0v) is 12.5. The fourth-order valence-corrected chi connectivity index (χ4v) is 1.86. The van der Waals surface area contributed by atoms with Crippen LogP contribution < -0.4 is 11.1 Å². The highest BCUT2D eigenvalue weighted by Crippen LogP contribution is 2.24. The molecule has 0 atom stereocenters. The van der Waals surface area contributed by atoms with Gasteiger partial charge in [0.1, 0.15) is 18.0 Å². The predicted molar refractivity (Wildman–Crippen MR) is 79.2 cm³/mol. The molecule has 1 rings (SSSR count). The summed E-state index contributed by atoms with van der Waals surface area (Å²) in [5, 5.41) is 3.40. The van der Waals surface area contributed by atoms with E-state index < -0.39 is 0 Å². The standard InChI is InChI=1S/C14H26N4O/c1-5-6-11-12(15)17-10-18-13(11)16-9-14(2,3)7-8-19-4/h10H,5-9H2,1-4H3,(H3,15,16,17,18). The number of nitrogens with zero attached hydrogens (tertiary/aromatic N) is 2. The SMILES string of the molecule is CCCc1c(N)ncnc1NCC(C)(C)CCOC. The van der Waals surface area contributed by atoms with E-state index in [4.69, 9.17) is 10.5 Å². The zero-order valence-electron chi connectivity index (χ0n) is 12.5. The molecule has 0 unspecified atom stereocenters. The minimum Gasteiger partial charge on any atom is -0.385 e. The van der Waals surface area contributed by atoms with Crippen molar-refractivity contribution in [2.45, 2.75) is 40.0 Å². The first-order valence-corrected chi connectivity index (χ1v) is 6.82. The number of nitrogens with one attached hydrogen (secondary N) is 1. The van der Waals surface area contributed by atoms with Gasteiger partial charge >= 0.3 is 0 Å². The Morgan fingerprint density at radius 2 is 2.11 bits per heavy atom. The van der Waals surface area contributed by atoms with Gasteiger partial charge in [-0.3, -0.25) is 0 Å². The van der Waals surface area contributed by atoms with E-state index in [-0.39, 0.29) is 5.41 Å². The Morgan fingerprint density at radius 1 is 1.37 bits per heavy atom. The molecule has 5 heteroatoms. The Balaban J connectivity index is 2.69. The van der Waals surface area contributed by atoms with Crippen molar-refractivity contribution in [2.24, 2.45) is 5.41 Å². The number of ether oxygens (including phenoxy) is 1. The van der Waals surface area contributed by atoms with Gasteiger partial charge in [0.25, 0.3) is 0 Å². The van der Waals surface area contributed by atoms with Crippen molar-refractivity contribution in [2.75, 3.05) is 31.3 Å². The fourth-order valence-electron chi connectivity index (χ4n) is 1.86. The first-order valence-electron chi connectivity index (χ1n) is 6.82. The molecule has 0 spiro atoms. The molecule has 1 aromatic heterocycles. The van der Waals surface area contributed by atoms with Crippen molar-refractivity contribution in [3.05, 3.63) is 11.9 Å². The summed E-state index contributed by atoms with van der Waals surface area (Å²) in [6.07, 6.45) is 4.44. The summed E-state index contributed by atoms with van der Waals surface area (Å²) in [6.45, 7) is 8.15. The molecule has 108 valence electrons. The van der Waals surface area contributed by atoms with Gasteiger partial charge in [0.15, 0.2) is 0 Å². The van der Waals surface area contributed by atoms with E-state index in [1.165, 1.54) is 6.33 Å². The highest BCUT2D eigenvalue weighted by atomic mass is 16.5. The number of nitrogen functional groups attached to an aromatic ring is 1. The van der Waals surface area contributed by atoms with Crippen LogP contribution in [0.4, 0.5) is 11.6 Å². The number of aromatic nitrogens is 2. The second kappa shape index (κ2) is 7.28. The molecule has 0 amide bonds. The van der Waals surface area contributed by atoms with Crippen molar-refractivity contribution in [3.63, 3.8) is 0 Å². The summed E-state index contributed by atoms with van der Waals surface area (Å²) in [5.74, 6) is 1.44. The van der Waals surface area contributed by atoms with Gasteiger partial charge in [-0.05, 0) is 18.3 Å². The lowest BCUT2D eigenvalue weighted by Gasteiger charge is -2.25. The first-order chi connectivity index (χ1) is 9.00. The molecule has 3 N–H and O–H groups in total. The van der Waals surface area contributed by atoms with Gasteiger partial charge in [-0.25, -0.2) is 9.97 Å². The number of anilines is 2. The molecule has 0 aliphatic carbocycles. The number of methoxy groups -OCH3 is 1. The van der Waals surface area contributed by atoms with Crippen LogP contribution >= 0.6 is 0 Å². The number of hydrogen-bond acceptors (Lipinski definition) is 5. The van der Waals surface area contributed by atoms with Crippen LogP contribution in [-0.2, 0) is 11.2 Å². The quantitative estimate of drug-likeness (QED) is 0.756. The average Bonchev–Trinajstić information content (AvgIpc) is 2.37. The maximum Gasteiger partial charge on any atom is 0.134 e. The van der Waals surface area contributed by atoms with Crippen LogP contribution in [0.15, 0.2) is 6.33 Å². The van der Waals surface area contributed by atoms with E-state index in [0.29, 0.717) is 5.82 Å². The molecule has 0 saturated heterocycles. The molecular formula is C14H26N4O. The Morgan fingerprint density at radius 3 is 2.74 bits per heavy atom. The van der Waals surface area contributed by atoms with Crippen molar-refractivity contribution in [3.8, 4) is 0 Å². The summed E-state index contributed by atoms with van der Waals surface area (Å²) in [5.41, 5.74) is 7.09. The lowest BCUT2D eigenvalue weighted by atomic mass is 9.89. The molecule has 0 aliphatic heterocycles. The van der Waals surface area contributed by atoms with Gasteiger partial charge < -0.3 is 15.8 Å². The lowest BCUT2D eigenvalue weighted by Crippen LogP contribution is -2.25. The summed E-state index contributed by atoms with van der Waals surface area (Å²) < 4.78 is 5.14. The van der Waals surface area contributed by atoms with E-state index in [1.807, 2.05) is 0 Å². The van der Waals surface area contributed by atoms with E-state index in [9.17, 15) is 0 Å². The summed E-state index contributed by atoms with van der Waals surface area (Å²) in [7, 11) is 1.73. The maximum absolute atomic E-state index is 5.92. The summed E-state index contributed by atoms with van der Waals surface area (Å²) >= 11 is 0. The third-order valence-electron chi connectivity index (χ3n) is 3.20. The van der Waals surface area contributed by atoms with Crippen LogP contribution in [0.1, 0.15) is 39.2 Å². The van der Waals surface area contributed by atoms with Gasteiger partial charge in [0.2, 0.25) is 0 Å². The van der Waals surface area contributed by atoms with Crippen LogP contribution in [0.3, 0.4) is 0 Å². The normalized spacial score (nSPS) is 11.6. The Kier molecular flexibility index (Phi) is 6.02. The molecule has 0 aliphatic rings.